The first-order chi connectivity index (χ1) is 16.0. The van der Waals surface area contributed by atoms with Gasteiger partial charge in [0.1, 0.15) is 11.3 Å². The molecule has 6 heteroatoms. The third kappa shape index (κ3) is 4.61. The Bertz CT molecular complexity index is 1540. The van der Waals surface area contributed by atoms with Crippen molar-refractivity contribution in [3.63, 3.8) is 0 Å². The van der Waals surface area contributed by atoms with E-state index in [1.165, 1.54) is 17.8 Å². The van der Waals surface area contributed by atoms with E-state index in [2.05, 4.69) is 5.32 Å². The van der Waals surface area contributed by atoms with Crippen LogP contribution in [0, 0.1) is 0 Å². The molecule has 2 N–H and O–H groups in total. The first-order valence-electron chi connectivity index (χ1n) is 10.3. The molecule has 1 aromatic heterocycles. The third-order valence-corrected chi connectivity index (χ3v) is 6.37. The summed E-state index contributed by atoms with van der Waals surface area (Å²) in [7, 11) is 0. The van der Waals surface area contributed by atoms with Gasteiger partial charge in [-0.3, -0.25) is 4.79 Å². The lowest BCUT2D eigenvalue weighted by molar-refractivity contribution is 0.102. The van der Waals surface area contributed by atoms with Crippen LogP contribution in [-0.4, -0.2) is 11.0 Å². The summed E-state index contributed by atoms with van der Waals surface area (Å²) in [5.74, 6) is 0.337. The van der Waals surface area contributed by atoms with Gasteiger partial charge in [0, 0.05) is 38.9 Å². The van der Waals surface area contributed by atoms with Gasteiger partial charge >= 0.3 is 5.63 Å². The fourth-order valence-corrected chi connectivity index (χ4v) is 4.42. The zero-order valence-corrected chi connectivity index (χ0v) is 18.3. The van der Waals surface area contributed by atoms with Crippen LogP contribution in [0.3, 0.4) is 0 Å². The number of carbonyl (C=O) groups is 1. The third-order valence-electron chi connectivity index (χ3n) is 5.31. The molecule has 0 aliphatic heterocycles. The Labute approximate surface area is 193 Å². The van der Waals surface area contributed by atoms with E-state index in [0.29, 0.717) is 28.2 Å². The van der Waals surface area contributed by atoms with Crippen molar-refractivity contribution < 1.29 is 14.3 Å². The molecule has 0 fully saturated rings. The highest BCUT2D eigenvalue weighted by Gasteiger charge is 2.09. The van der Waals surface area contributed by atoms with Gasteiger partial charge in [-0.2, -0.15) is 0 Å². The molecule has 0 bridgehead atoms. The number of fused-ring (bicyclic) bond motifs is 2. The molecule has 1 amide bonds. The Hall–Kier alpha value is -4.03. The Morgan fingerprint density at radius 3 is 2.42 bits per heavy atom. The predicted octanol–water partition coefficient (Wildman–Crippen LogP) is 6.20. The molecule has 0 saturated heterocycles. The zero-order chi connectivity index (χ0) is 22.8. The number of phenols is 1. The molecule has 5 nitrogen and oxygen atoms in total. The second-order valence-corrected chi connectivity index (χ2v) is 8.66. The molecule has 0 saturated carbocycles. The average molecular weight is 454 g/mol. The number of nitrogens with one attached hydrogen (secondary N) is 1. The number of benzene rings is 4. The van der Waals surface area contributed by atoms with E-state index in [0.717, 1.165) is 21.1 Å². The maximum atomic E-state index is 12.6. The Kier molecular flexibility index (Phi) is 5.59. The number of hydrogen-bond donors (Lipinski definition) is 2. The van der Waals surface area contributed by atoms with Gasteiger partial charge in [-0.1, -0.05) is 30.3 Å². The van der Waals surface area contributed by atoms with Crippen LogP contribution in [0.4, 0.5) is 5.69 Å². The van der Waals surface area contributed by atoms with Crippen molar-refractivity contribution in [2.45, 2.75) is 10.6 Å². The van der Waals surface area contributed by atoms with Crippen molar-refractivity contribution in [1.29, 1.82) is 0 Å². The molecule has 1 heterocycles. The second-order valence-electron chi connectivity index (χ2n) is 7.61. The number of anilines is 1. The number of hydrogen-bond acceptors (Lipinski definition) is 5. The van der Waals surface area contributed by atoms with Gasteiger partial charge in [0.15, 0.2) is 0 Å². The number of carbonyl (C=O) groups excluding carboxylic acids is 1. The molecule has 0 spiro atoms. The maximum Gasteiger partial charge on any atom is 0.340 e. The zero-order valence-electron chi connectivity index (χ0n) is 17.4. The smallest absolute Gasteiger partial charge is 0.340 e. The van der Waals surface area contributed by atoms with E-state index in [4.69, 9.17) is 4.42 Å². The van der Waals surface area contributed by atoms with Gasteiger partial charge in [-0.15, -0.1) is 11.8 Å². The topological polar surface area (TPSA) is 79.5 Å². The molecular formula is C27H19NO4S. The van der Waals surface area contributed by atoms with Crippen molar-refractivity contribution in [1.82, 2.24) is 0 Å². The van der Waals surface area contributed by atoms with E-state index in [-0.39, 0.29) is 11.7 Å². The minimum absolute atomic E-state index is 0.0561. The minimum Gasteiger partial charge on any atom is -0.508 e. The normalized spacial score (nSPS) is 11.0. The van der Waals surface area contributed by atoms with E-state index in [1.807, 2.05) is 66.7 Å². The molecule has 0 atom stereocenters. The van der Waals surface area contributed by atoms with Crippen LogP contribution in [0.15, 0.2) is 105 Å². The highest BCUT2D eigenvalue weighted by molar-refractivity contribution is 7.98. The first kappa shape index (κ1) is 20.8. The van der Waals surface area contributed by atoms with Crippen LogP contribution in [-0.2, 0) is 5.75 Å². The van der Waals surface area contributed by atoms with Crippen LogP contribution >= 0.6 is 11.8 Å². The molecular weight excluding hydrogens is 434 g/mol. The number of aromatic hydroxyl groups is 1. The fraction of sp³-hybridized carbons (Fsp3) is 0.0370. The SMILES string of the molecule is O=C(Nc1ccc(SCc2cc3ccc(O)cc3oc2=O)cc1)c1ccc2ccccc2c1. The molecule has 0 radical (unpaired) electrons. The van der Waals surface area contributed by atoms with Gasteiger partial charge < -0.3 is 14.8 Å². The summed E-state index contributed by atoms with van der Waals surface area (Å²) in [5, 5.41) is 15.3. The van der Waals surface area contributed by atoms with Crippen LogP contribution in [0.1, 0.15) is 15.9 Å². The van der Waals surface area contributed by atoms with Crippen molar-refractivity contribution in [3.05, 3.63) is 113 Å². The van der Waals surface area contributed by atoms with Crippen LogP contribution in [0.2, 0.25) is 0 Å². The van der Waals surface area contributed by atoms with E-state index in [1.54, 1.807) is 18.2 Å². The highest BCUT2D eigenvalue weighted by Crippen LogP contribution is 2.26. The predicted molar refractivity (Wildman–Crippen MR) is 132 cm³/mol. The maximum absolute atomic E-state index is 12.6. The molecule has 5 aromatic rings. The number of thioether (sulfide) groups is 1. The Morgan fingerprint density at radius 2 is 1.61 bits per heavy atom. The van der Waals surface area contributed by atoms with Gasteiger partial charge in [-0.05, 0) is 65.4 Å². The number of rotatable bonds is 5. The molecule has 4 aromatic carbocycles. The standard InChI is InChI=1S/C27H19NO4S/c29-23-10-7-19-14-21(27(31)32-25(19)15-23)16-33-24-11-8-22(9-12-24)28-26(30)20-6-5-17-3-1-2-4-18(17)13-20/h1-15,29H,16H2,(H,28,30). The molecule has 5 rings (SSSR count). The minimum atomic E-state index is -0.417. The molecule has 33 heavy (non-hydrogen) atoms. The summed E-state index contributed by atoms with van der Waals surface area (Å²) < 4.78 is 5.32. The molecule has 162 valence electrons. The molecule has 0 unspecified atom stereocenters. The van der Waals surface area contributed by atoms with Crippen molar-refractivity contribution in [3.8, 4) is 5.75 Å². The van der Waals surface area contributed by atoms with Crippen LogP contribution in [0.25, 0.3) is 21.7 Å². The molecule has 0 aliphatic rings. The lowest BCUT2D eigenvalue weighted by Gasteiger charge is -2.08. The summed E-state index contributed by atoms with van der Waals surface area (Å²) in [6.07, 6.45) is 0. The van der Waals surface area contributed by atoms with Crippen LogP contribution < -0.4 is 10.9 Å². The first-order valence-corrected chi connectivity index (χ1v) is 11.3. The Balaban J connectivity index is 1.25. The van der Waals surface area contributed by atoms with Gasteiger partial charge in [0.2, 0.25) is 0 Å². The van der Waals surface area contributed by atoms with Gasteiger partial charge in [-0.25, -0.2) is 4.79 Å². The fourth-order valence-electron chi connectivity index (χ4n) is 3.57. The molecule has 0 aliphatic carbocycles. The largest absolute Gasteiger partial charge is 0.508 e. The van der Waals surface area contributed by atoms with E-state index < -0.39 is 5.63 Å². The average Bonchev–Trinajstić information content (AvgIpc) is 2.83. The number of amides is 1. The van der Waals surface area contributed by atoms with Gasteiger partial charge in [0.05, 0.1) is 0 Å². The summed E-state index contributed by atoms with van der Waals surface area (Å²) in [4.78, 5) is 25.9. The highest BCUT2D eigenvalue weighted by atomic mass is 32.2. The Morgan fingerprint density at radius 1 is 0.848 bits per heavy atom. The summed E-state index contributed by atoms with van der Waals surface area (Å²) in [6.45, 7) is 0. The van der Waals surface area contributed by atoms with Crippen molar-refractivity contribution in [2.75, 3.05) is 5.32 Å². The monoisotopic (exact) mass is 453 g/mol. The second kappa shape index (κ2) is 8.84. The van der Waals surface area contributed by atoms with E-state index >= 15 is 0 Å². The lowest BCUT2D eigenvalue weighted by atomic mass is 10.1. The lowest BCUT2D eigenvalue weighted by Crippen LogP contribution is -2.11. The van der Waals surface area contributed by atoms with E-state index in [9.17, 15) is 14.7 Å². The van der Waals surface area contributed by atoms with Gasteiger partial charge in [0.25, 0.3) is 5.91 Å². The summed E-state index contributed by atoms with van der Waals surface area (Å²) in [6, 6.07) is 27.5. The van der Waals surface area contributed by atoms with Crippen LogP contribution in [0.5, 0.6) is 5.75 Å². The summed E-state index contributed by atoms with van der Waals surface area (Å²) >= 11 is 1.50. The number of phenolic OH excluding ortho intramolecular Hbond substituents is 1. The summed E-state index contributed by atoms with van der Waals surface area (Å²) in [5.41, 5.74) is 1.79. The van der Waals surface area contributed by atoms with Crippen molar-refractivity contribution in [2.24, 2.45) is 0 Å². The van der Waals surface area contributed by atoms with Crippen molar-refractivity contribution >= 4 is 45.1 Å². The quantitative estimate of drug-likeness (QED) is 0.245.